The number of hydrogen-bond donors (Lipinski definition) is 1. The number of nitrogens with zero attached hydrogens (tertiary/aromatic N) is 1. The van der Waals surface area contributed by atoms with E-state index in [1.807, 2.05) is 0 Å². The molecule has 1 aliphatic rings. The standard InChI is InChI=1S/C25H18Cl2N2O5/c1-33-18-9-7-17(8-10-18)29-24(31)19(23(30)28-25(29)32)13-16-4-2-3-5-22(16)34-14-15-6-11-20(26)21(27)12-15/h2-13H,14H2,1H3,(H,28,30,32)/b19-13+. The molecule has 3 aromatic carbocycles. The van der Waals surface area contributed by atoms with Gasteiger partial charge in [0, 0.05) is 5.56 Å². The number of anilines is 1. The minimum absolute atomic E-state index is 0.188. The molecule has 0 bridgehead atoms. The Morgan fingerprint density at radius 3 is 2.38 bits per heavy atom. The average molecular weight is 497 g/mol. The van der Waals surface area contributed by atoms with E-state index in [9.17, 15) is 14.4 Å². The second-order valence-electron chi connectivity index (χ2n) is 7.23. The zero-order chi connectivity index (χ0) is 24.2. The van der Waals surface area contributed by atoms with Crippen LogP contribution < -0.4 is 19.7 Å². The number of amides is 4. The van der Waals surface area contributed by atoms with Crippen molar-refractivity contribution in [3.63, 3.8) is 0 Å². The van der Waals surface area contributed by atoms with Gasteiger partial charge in [0.1, 0.15) is 23.7 Å². The maximum atomic E-state index is 13.1. The molecule has 0 aliphatic carbocycles. The molecule has 4 rings (SSSR count). The minimum atomic E-state index is -0.832. The molecule has 3 aromatic rings. The van der Waals surface area contributed by atoms with Gasteiger partial charge >= 0.3 is 6.03 Å². The van der Waals surface area contributed by atoms with Crippen molar-refractivity contribution in [3.05, 3.63) is 93.5 Å². The quantitative estimate of drug-likeness (QED) is 0.372. The Bertz CT molecular complexity index is 1300. The minimum Gasteiger partial charge on any atom is -0.497 e. The van der Waals surface area contributed by atoms with Gasteiger partial charge < -0.3 is 9.47 Å². The summed E-state index contributed by atoms with van der Waals surface area (Å²) in [5.41, 5.74) is 1.37. The van der Waals surface area contributed by atoms with Crippen LogP contribution in [0.2, 0.25) is 10.0 Å². The summed E-state index contributed by atoms with van der Waals surface area (Å²) in [5.74, 6) is -0.541. The number of barbiturate groups is 1. The maximum absolute atomic E-state index is 13.1. The van der Waals surface area contributed by atoms with E-state index in [2.05, 4.69) is 5.32 Å². The van der Waals surface area contributed by atoms with Crippen LogP contribution in [0.5, 0.6) is 11.5 Å². The average Bonchev–Trinajstić information content (AvgIpc) is 2.83. The number of urea groups is 1. The summed E-state index contributed by atoms with van der Waals surface area (Å²) in [7, 11) is 1.51. The molecule has 1 aliphatic heterocycles. The van der Waals surface area contributed by atoms with Crippen LogP contribution in [0.1, 0.15) is 11.1 Å². The largest absolute Gasteiger partial charge is 0.497 e. The van der Waals surface area contributed by atoms with Gasteiger partial charge in [0.2, 0.25) is 0 Å². The SMILES string of the molecule is COc1ccc(N2C(=O)NC(=O)/C(=C\c3ccccc3OCc3ccc(Cl)c(Cl)c3)C2=O)cc1. The summed E-state index contributed by atoms with van der Waals surface area (Å²) in [6.07, 6.45) is 1.39. The Balaban J connectivity index is 1.62. The zero-order valence-corrected chi connectivity index (χ0v) is 19.4. The van der Waals surface area contributed by atoms with E-state index in [-0.39, 0.29) is 12.2 Å². The smallest absolute Gasteiger partial charge is 0.335 e. The van der Waals surface area contributed by atoms with Crippen LogP contribution >= 0.6 is 23.2 Å². The van der Waals surface area contributed by atoms with Gasteiger partial charge in [0.25, 0.3) is 11.8 Å². The second-order valence-corrected chi connectivity index (χ2v) is 8.05. The molecule has 1 saturated heterocycles. The fourth-order valence-corrected chi connectivity index (χ4v) is 3.62. The van der Waals surface area contributed by atoms with Crippen molar-refractivity contribution in [3.8, 4) is 11.5 Å². The highest BCUT2D eigenvalue weighted by molar-refractivity contribution is 6.42. The number of halogens is 2. The summed E-state index contributed by atoms with van der Waals surface area (Å²) in [6, 6.07) is 17.6. The monoisotopic (exact) mass is 496 g/mol. The number of methoxy groups -OCH3 is 1. The predicted octanol–water partition coefficient (Wildman–Crippen LogP) is 5.25. The van der Waals surface area contributed by atoms with Crippen LogP contribution in [-0.4, -0.2) is 25.0 Å². The summed E-state index contributed by atoms with van der Waals surface area (Å²) in [6.45, 7) is 0.188. The van der Waals surface area contributed by atoms with Crippen molar-refractivity contribution in [1.29, 1.82) is 0 Å². The number of carbonyl (C=O) groups is 3. The Morgan fingerprint density at radius 2 is 1.68 bits per heavy atom. The fourth-order valence-electron chi connectivity index (χ4n) is 3.30. The zero-order valence-electron chi connectivity index (χ0n) is 17.9. The molecule has 34 heavy (non-hydrogen) atoms. The highest BCUT2D eigenvalue weighted by atomic mass is 35.5. The number of imide groups is 2. The van der Waals surface area contributed by atoms with Crippen molar-refractivity contribution >= 4 is 52.8 Å². The van der Waals surface area contributed by atoms with E-state index >= 15 is 0 Å². The van der Waals surface area contributed by atoms with E-state index < -0.39 is 17.8 Å². The van der Waals surface area contributed by atoms with Gasteiger partial charge in [-0.05, 0) is 54.1 Å². The van der Waals surface area contributed by atoms with E-state index in [0.717, 1.165) is 10.5 Å². The third-order valence-corrected chi connectivity index (χ3v) is 5.77. The molecule has 1 heterocycles. The maximum Gasteiger partial charge on any atom is 0.335 e. The Kier molecular flexibility index (Phi) is 6.86. The molecule has 4 amide bonds. The van der Waals surface area contributed by atoms with Crippen molar-refractivity contribution in [2.24, 2.45) is 0 Å². The van der Waals surface area contributed by atoms with E-state index in [4.69, 9.17) is 32.7 Å². The lowest BCUT2D eigenvalue weighted by Gasteiger charge is -2.26. The van der Waals surface area contributed by atoms with Gasteiger partial charge in [0.05, 0.1) is 22.8 Å². The summed E-state index contributed by atoms with van der Waals surface area (Å²) in [4.78, 5) is 39.0. The highest BCUT2D eigenvalue weighted by Gasteiger charge is 2.37. The van der Waals surface area contributed by atoms with Crippen LogP contribution in [0.4, 0.5) is 10.5 Å². The van der Waals surface area contributed by atoms with Gasteiger partial charge in [-0.3, -0.25) is 14.9 Å². The number of carbonyl (C=O) groups excluding carboxylic acids is 3. The molecule has 1 fully saturated rings. The second kappa shape index (κ2) is 9.99. The van der Waals surface area contributed by atoms with Crippen molar-refractivity contribution in [1.82, 2.24) is 5.32 Å². The van der Waals surface area contributed by atoms with Crippen molar-refractivity contribution < 1.29 is 23.9 Å². The molecule has 172 valence electrons. The first kappa shape index (κ1) is 23.4. The number of ether oxygens (including phenoxy) is 2. The molecule has 0 radical (unpaired) electrons. The van der Waals surface area contributed by atoms with Crippen molar-refractivity contribution in [2.75, 3.05) is 12.0 Å². The number of para-hydroxylation sites is 1. The van der Waals surface area contributed by atoms with Crippen LogP contribution in [-0.2, 0) is 16.2 Å². The number of rotatable bonds is 6. The molecule has 0 saturated carbocycles. The molecule has 9 heteroatoms. The van der Waals surface area contributed by atoms with Crippen LogP contribution in [0.25, 0.3) is 6.08 Å². The molecular formula is C25H18Cl2N2O5. The Labute approximate surface area is 205 Å². The van der Waals surface area contributed by atoms with Gasteiger partial charge in [-0.1, -0.05) is 47.5 Å². The number of hydrogen-bond acceptors (Lipinski definition) is 5. The summed E-state index contributed by atoms with van der Waals surface area (Å²) >= 11 is 12.0. The van der Waals surface area contributed by atoms with Gasteiger partial charge in [-0.25, -0.2) is 9.69 Å². The van der Waals surface area contributed by atoms with E-state index in [1.165, 1.54) is 13.2 Å². The van der Waals surface area contributed by atoms with Gasteiger partial charge in [-0.15, -0.1) is 0 Å². The first-order valence-corrected chi connectivity index (χ1v) is 10.8. The lowest BCUT2D eigenvalue weighted by Crippen LogP contribution is -2.54. The first-order chi connectivity index (χ1) is 16.4. The molecule has 0 spiro atoms. The van der Waals surface area contributed by atoms with Gasteiger partial charge in [0.15, 0.2) is 0 Å². The molecule has 0 atom stereocenters. The van der Waals surface area contributed by atoms with Crippen molar-refractivity contribution in [2.45, 2.75) is 6.61 Å². The Morgan fingerprint density at radius 1 is 0.941 bits per heavy atom. The lowest BCUT2D eigenvalue weighted by atomic mass is 10.1. The summed E-state index contributed by atoms with van der Waals surface area (Å²) < 4.78 is 11.0. The first-order valence-electron chi connectivity index (χ1n) is 10.1. The Hall–Kier alpha value is -3.81. The van der Waals surface area contributed by atoms with Gasteiger partial charge in [-0.2, -0.15) is 0 Å². The lowest BCUT2D eigenvalue weighted by molar-refractivity contribution is -0.122. The fraction of sp³-hybridized carbons (Fsp3) is 0.0800. The number of nitrogens with one attached hydrogen (secondary N) is 1. The highest BCUT2D eigenvalue weighted by Crippen LogP contribution is 2.28. The van der Waals surface area contributed by atoms with Crippen LogP contribution in [0.3, 0.4) is 0 Å². The normalized spacial score (nSPS) is 14.9. The topological polar surface area (TPSA) is 84.9 Å². The van der Waals surface area contributed by atoms with Crippen LogP contribution in [0.15, 0.2) is 72.3 Å². The summed E-state index contributed by atoms with van der Waals surface area (Å²) in [5, 5.41) is 3.05. The number of benzene rings is 3. The van der Waals surface area contributed by atoms with E-state index in [1.54, 1.807) is 66.7 Å². The molecule has 1 N–H and O–H groups in total. The molecular weight excluding hydrogens is 479 g/mol. The molecule has 0 aromatic heterocycles. The molecule has 0 unspecified atom stereocenters. The third-order valence-electron chi connectivity index (χ3n) is 5.03. The molecule has 7 nitrogen and oxygen atoms in total. The van der Waals surface area contributed by atoms with Crippen LogP contribution in [0, 0.1) is 0 Å². The predicted molar refractivity (Wildman–Crippen MR) is 129 cm³/mol. The third kappa shape index (κ3) is 4.90. The van der Waals surface area contributed by atoms with E-state index in [0.29, 0.717) is 32.8 Å².